The third-order valence-corrected chi connectivity index (χ3v) is 7.29. The fraction of sp³-hybridized carbons (Fsp3) is 0.125. The Kier molecular flexibility index (Phi) is 7.78. The van der Waals surface area contributed by atoms with Crippen molar-refractivity contribution in [1.82, 2.24) is 5.32 Å². The number of nitrogens with zero attached hydrogens (tertiary/aromatic N) is 1. The van der Waals surface area contributed by atoms with E-state index in [2.05, 4.69) is 5.32 Å². The molecule has 0 saturated carbocycles. The molecule has 0 bridgehead atoms. The summed E-state index contributed by atoms with van der Waals surface area (Å²) in [7, 11) is -4.37. The number of halogens is 1. The van der Waals surface area contributed by atoms with E-state index in [-0.39, 0.29) is 33.3 Å². The minimum absolute atomic E-state index is 0.0309. The van der Waals surface area contributed by atoms with Gasteiger partial charge in [0.2, 0.25) is 5.91 Å². The lowest BCUT2D eigenvalue weighted by Crippen LogP contribution is -2.41. The van der Waals surface area contributed by atoms with Crippen LogP contribution in [0.2, 0.25) is 5.02 Å². The SMILES string of the molecule is Cc1c(Cl)cccc1N(CC(=O)NCc1cccc(C(=O)O)c1)S(=O)(=O)c1cccc(C(=O)O)c1. The van der Waals surface area contributed by atoms with Gasteiger partial charge in [-0.05, 0) is 60.5 Å². The van der Waals surface area contributed by atoms with Crippen LogP contribution in [-0.4, -0.2) is 43.0 Å². The van der Waals surface area contributed by atoms with Crippen molar-refractivity contribution in [1.29, 1.82) is 0 Å². The molecule has 3 aromatic rings. The summed E-state index contributed by atoms with van der Waals surface area (Å²) in [5.41, 5.74) is 0.904. The highest BCUT2D eigenvalue weighted by Crippen LogP contribution is 2.31. The van der Waals surface area contributed by atoms with Crippen molar-refractivity contribution >= 4 is 45.2 Å². The molecule has 0 saturated heterocycles. The van der Waals surface area contributed by atoms with Crippen LogP contribution in [0.4, 0.5) is 5.69 Å². The summed E-state index contributed by atoms with van der Waals surface area (Å²) in [5, 5.41) is 21.3. The molecule has 0 aliphatic carbocycles. The number of benzene rings is 3. The van der Waals surface area contributed by atoms with E-state index in [1.807, 2.05) is 0 Å². The average molecular weight is 517 g/mol. The summed E-state index contributed by atoms with van der Waals surface area (Å²) in [6.07, 6.45) is 0. The van der Waals surface area contributed by atoms with Gasteiger partial charge in [-0.3, -0.25) is 9.10 Å². The van der Waals surface area contributed by atoms with Crippen LogP contribution in [0.15, 0.2) is 71.6 Å². The molecule has 0 aromatic heterocycles. The van der Waals surface area contributed by atoms with Gasteiger partial charge in [-0.2, -0.15) is 0 Å². The van der Waals surface area contributed by atoms with Crippen molar-refractivity contribution in [2.24, 2.45) is 0 Å². The lowest BCUT2D eigenvalue weighted by atomic mass is 10.1. The van der Waals surface area contributed by atoms with E-state index >= 15 is 0 Å². The van der Waals surface area contributed by atoms with Crippen molar-refractivity contribution in [2.45, 2.75) is 18.4 Å². The van der Waals surface area contributed by atoms with Gasteiger partial charge in [0.25, 0.3) is 10.0 Å². The highest BCUT2D eigenvalue weighted by Gasteiger charge is 2.29. The Bertz CT molecular complexity index is 1410. The minimum atomic E-state index is -4.37. The van der Waals surface area contributed by atoms with E-state index in [0.717, 1.165) is 10.4 Å². The number of carboxylic acid groups (broad SMARTS) is 2. The zero-order valence-corrected chi connectivity index (χ0v) is 20.0. The Hall–Kier alpha value is -3.89. The second-order valence-electron chi connectivity index (χ2n) is 7.51. The number of anilines is 1. The van der Waals surface area contributed by atoms with Gasteiger partial charge in [0.15, 0.2) is 0 Å². The van der Waals surface area contributed by atoms with Gasteiger partial charge in [-0.15, -0.1) is 0 Å². The molecular weight excluding hydrogens is 496 g/mol. The number of nitrogens with one attached hydrogen (secondary N) is 1. The topological polar surface area (TPSA) is 141 Å². The highest BCUT2D eigenvalue weighted by molar-refractivity contribution is 7.92. The summed E-state index contributed by atoms with van der Waals surface area (Å²) in [6, 6.07) is 15.4. The monoisotopic (exact) mass is 516 g/mol. The molecule has 0 unspecified atom stereocenters. The molecule has 0 aliphatic heterocycles. The summed E-state index contributed by atoms with van der Waals surface area (Å²) < 4.78 is 27.9. The Labute approximate surface area is 206 Å². The number of amides is 1. The van der Waals surface area contributed by atoms with Crippen LogP contribution in [0.5, 0.6) is 0 Å². The zero-order chi connectivity index (χ0) is 25.8. The lowest BCUT2D eigenvalue weighted by Gasteiger charge is -2.26. The van der Waals surface area contributed by atoms with Gasteiger partial charge in [0.1, 0.15) is 6.54 Å². The standard InChI is InChI=1S/C24H21ClN2O7S/c1-15-20(25)9-4-10-21(15)27(35(33,34)19-8-3-7-18(12-19)24(31)32)14-22(28)26-13-16-5-2-6-17(11-16)23(29)30/h2-12H,13-14H2,1H3,(H,26,28)(H,29,30)(H,31,32). The van der Waals surface area contributed by atoms with Crippen molar-refractivity contribution < 1.29 is 33.0 Å². The first-order valence-corrected chi connectivity index (χ1v) is 12.0. The van der Waals surface area contributed by atoms with E-state index in [1.165, 1.54) is 48.5 Å². The molecule has 0 heterocycles. The third-order valence-electron chi connectivity index (χ3n) is 5.13. The largest absolute Gasteiger partial charge is 0.478 e. The van der Waals surface area contributed by atoms with Gasteiger partial charge >= 0.3 is 11.9 Å². The molecule has 35 heavy (non-hydrogen) atoms. The van der Waals surface area contributed by atoms with Crippen LogP contribution >= 0.6 is 11.6 Å². The zero-order valence-electron chi connectivity index (χ0n) is 18.4. The number of hydrogen-bond donors (Lipinski definition) is 3. The van der Waals surface area contributed by atoms with Crippen molar-refractivity contribution in [3.05, 3.63) is 94.0 Å². The number of aromatic carboxylic acids is 2. The smallest absolute Gasteiger partial charge is 0.335 e. The fourth-order valence-corrected chi connectivity index (χ4v) is 4.98. The summed E-state index contributed by atoms with van der Waals surface area (Å²) in [4.78, 5) is 35.0. The van der Waals surface area contributed by atoms with Crippen molar-refractivity contribution in [3.63, 3.8) is 0 Å². The molecule has 182 valence electrons. The summed E-state index contributed by atoms with van der Waals surface area (Å²) in [6.45, 7) is 0.944. The summed E-state index contributed by atoms with van der Waals surface area (Å²) in [5.74, 6) is -3.08. The maximum Gasteiger partial charge on any atom is 0.335 e. The van der Waals surface area contributed by atoms with Crippen LogP contribution < -0.4 is 9.62 Å². The van der Waals surface area contributed by atoms with Gasteiger partial charge in [0, 0.05) is 11.6 Å². The molecule has 11 heteroatoms. The number of sulfonamides is 1. The van der Waals surface area contributed by atoms with E-state index < -0.39 is 34.4 Å². The first-order valence-electron chi connectivity index (χ1n) is 10.2. The molecule has 0 radical (unpaired) electrons. The maximum atomic E-state index is 13.5. The van der Waals surface area contributed by atoms with Crippen LogP contribution in [0, 0.1) is 6.92 Å². The number of carbonyl (C=O) groups is 3. The van der Waals surface area contributed by atoms with Gasteiger partial charge in [-0.25, -0.2) is 18.0 Å². The van der Waals surface area contributed by atoms with Gasteiger partial charge in [0.05, 0.1) is 21.7 Å². The number of carbonyl (C=O) groups excluding carboxylic acids is 1. The second kappa shape index (κ2) is 10.6. The Balaban J connectivity index is 1.94. The molecule has 3 aromatic carbocycles. The first-order chi connectivity index (χ1) is 16.5. The van der Waals surface area contributed by atoms with E-state index in [0.29, 0.717) is 11.1 Å². The molecule has 9 nitrogen and oxygen atoms in total. The third kappa shape index (κ3) is 5.97. The first kappa shape index (κ1) is 25.7. The average Bonchev–Trinajstić information content (AvgIpc) is 2.83. The van der Waals surface area contributed by atoms with Crippen LogP contribution in [0.25, 0.3) is 0 Å². The van der Waals surface area contributed by atoms with Crippen molar-refractivity contribution in [2.75, 3.05) is 10.8 Å². The molecule has 0 spiro atoms. The number of hydrogen-bond acceptors (Lipinski definition) is 5. The molecule has 1 amide bonds. The number of carboxylic acids is 2. The van der Waals surface area contributed by atoms with E-state index in [1.54, 1.807) is 19.1 Å². The Morgan fingerprint density at radius 2 is 1.51 bits per heavy atom. The minimum Gasteiger partial charge on any atom is -0.478 e. The molecule has 0 atom stereocenters. The predicted molar refractivity (Wildman–Crippen MR) is 129 cm³/mol. The fourth-order valence-electron chi connectivity index (χ4n) is 3.28. The van der Waals surface area contributed by atoms with Gasteiger partial charge < -0.3 is 15.5 Å². The predicted octanol–water partition coefficient (Wildman–Crippen LogP) is 3.56. The molecular formula is C24H21ClN2O7S. The molecule has 0 aliphatic rings. The van der Waals surface area contributed by atoms with Crippen LogP contribution in [-0.2, 0) is 21.4 Å². The molecule has 0 fully saturated rings. The van der Waals surface area contributed by atoms with E-state index in [4.69, 9.17) is 16.7 Å². The quantitative estimate of drug-likeness (QED) is 0.395. The van der Waals surface area contributed by atoms with E-state index in [9.17, 15) is 27.9 Å². The van der Waals surface area contributed by atoms with Gasteiger partial charge in [-0.1, -0.05) is 35.9 Å². The molecule has 3 rings (SSSR count). The normalized spacial score (nSPS) is 11.0. The second-order valence-corrected chi connectivity index (χ2v) is 9.78. The molecule has 3 N–H and O–H groups in total. The lowest BCUT2D eigenvalue weighted by molar-refractivity contribution is -0.119. The van der Waals surface area contributed by atoms with Crippen LogP contribution in [0.1, 0.15) is 31.8 Å². The van der Waals surface area contributed by atoms with Crippen LogP contribution in [0.3, 0.4) is 0 Å². The Morgan fingerprint density at radius 3 is 2.17 bits per heavy atom. The Morgan fingerprint density at radius 1 is 0.914 bits per heavy atom. The highest BCUT2D eigenvalue weighted by atomic mass is 35.5. The summed E-state index contributed by atoms with van der Waals surface area (Å²) >= 11 is 6.19. The van der Waals surface area contributed by atoms with Crippen molar-refractivity contribution in [3.8, 4) is 0 Å². The maximum absolute atomic E-state index is 13.5. The number of rotatable bonds is 9.